The first kappa shape index (κ1) is 19.5. The number of carboxylic acid groups (broad SMARTS) is 1. The van der Waals surface area contributed by atoms with Crippen LogP contribution in [-0.4, -0.2) is 61.7 Å². The zero-order valence-electron chi connectivity index (χ0n) is 15.4. The number of aryl methyl sites for hydroxylation is 1. The van der Waals surface area contributed by atoms with Crippen LogP contribution in [0.1, 0.15) is 40.7 Å². The van der Waals surface area contributed by atoms with Crippen molar-refractivity contribution in [3.8, 4) is 0 Å². The van der Waals surface area contributed by atoms with Crippen molar-refractivity contribution in [3.63, 3.8) is 0 Å². The highest BCUT2D eigenvalue weighted by Crippen LogP contribution is 2.16. The van der Waals surface area contributed by atoms with E-state index in [9.17, 15) is 14.4 Å². The lowest BCUT2D eigenvalue weighted by atomic mass is 10.2. The summed E-state index contributed by atoms with van der Waals surface area (Å²) in [4.78, 5) is 35.7. The van der Waals surface area contributed by atoms with Crippen molar-refractivity contribution in [2.45, 2.75) is 39.0 Å². The van der Waals surface area contributed by atoms with Crippen LogP contribution in [0.3, 0.4) is 0 Å². The molecule has 0 aliphatic carbocycles. The number of hydrogen-bond donors (Lipinski definition) is 3. The van der Waals surface area contributed by atoms with Gasteiger partial charge in [0.1, 0.15) is 6.54 Å². The summed E-state index contributed by atoms with van der Waals surface area (Å²) < 4.78 is 8.17. The average Bonchev–Trinajstić information content (AvgIpc) is 3.40. The van der Waals surface area contributed by atoms with Crippen LogP contribution in [0, 0.1) is 0 Å². The zero-order chi connectivity index (χ0) is 20.1. The number of aromatic nitrogens is 4. The summed E-state index contributed by atoms with van der Waals surface area (Å²) >= 11 is 0. The van der Waals surface area contributed by atoms with E-state index in [1.165, 1.54) is 12.3 Å². The highest BCUT2D eigenvalue weighted by Gasteiger charge is 2.22. The third-order valence-corrected chi connectivity index (χ3v) is 4.23. The van der Waals surface area contributed by atoms with E-state index in [1.807, 2.05) is 6.92 Å². The van der Waals surface area contributed by atoms with Crippen LogP contribution >= 0.6 is 0 Å². The van der Waals surface area contributed by atoms with Gasteiger partial charge >= 0.3 is 5.97 Å². The van der Waals surface area contributed by atoms with Crippen molar-refractivity contribution < 1.29 is 24.2 Å². The minimum Gasteiger partial charge on any atom is -0.480 e. The van der Waals surface area contributed by atoms with Crippen LogP contribution in [0.2, 0.25) is 0 Å². The molecule has 28 heavy (non-hydrogen) atoms. The second kappa shape index (κ2) is 8.65. The number of nitrogens with one attached hydrogen (secondary N) is 2. The van der Waals surface area contributed by atoms with Crippen LogP contribution in [-0.2, 0) is 22.6 Å². The number of carbonyl (C=O) groups is 3. The molecule has 2 aromatic heterocycles. The number of ether oxygens (including phenoxy) is 1. The number of carbonyl (C=O) groups excluding carboxylic acids is 2. The molecule has 0 saturated carbocycles. The molecule has 1 aliphatic heterocycles. The third-order valence-electron chi connectivity index (χ3n) is 4.23. The highest BCUT2D eigenvalue weighted by atomic mass is 16.5. The topological polar surface area (TPSA) is 140 Å². The maximum atomic E-state index is 12.5. The van der Waals surface area contributed by atoms with Gasteiger partial charge in [0.15, 0.2) is 11.4 Å². The Morgan fingerprint density at radius 3 is 2.79 bits per heavy atom. The predicted octanol–water partition coefficient (Wildman–Crippen LogP) is 0.345. The molecule has 2 aromatic rings. The molecule has 3 rings (SSSR count). The van der Waals surface area contributed by atoms with E-state index in [-0.39, 0.29) is 29.7 Å². The lowest BCUT2D eigenvalue weighted by Gasteiger charge is -2.10. The third kappa shape index (κ3) is 4.74. The molecule has 1 unspecified atom stereocenters. The van der Waals surface area contributed by atoms with E-state index in [0.29, 0.717) is 19.7 Å². The van der Waals surface area contributed by atoms with E-state index in [4.69, 9.17) is 9.84 Å². The van der Waals surface area contributed by atoms with Crippen molar-refractivity contribution in [1.82, 2.24) is 24.9 Å². The standard InChI is InChI=1S/C17H22N6O5/c1-2-22-9-13(15(21-22)17(27)18-8-11-4-3-7-28-11)19-16(26)12-5-6-23(20-12)10-14(24)25/h5-6,9,11H,2-4,7-8,10H2,1H3,(H,18,27)(H,19,26)(H,24,25). The molecule has 2 amide bonds. The zero-order valence-corrected chi connectivity index (χ0v) is 15.4. The summed E-state index contributed by atoms with van der Waals surface area (Å²) in [6, 6.07) is 1.40. The van der Waals surface area contributed by atoms with Crippen LogP contribution in [0.4, 0.5) is 5.69 Å². The van der Waals surface area contributed by atoms with Gasteiger partial charge < -0.3 is 20.5 Å². The Morgan fingerprint density at radius 1 is 1.29 bits per heavy atom. The number of aliphatic carboxylic acids is 1. The quantitative estimate of drug-likeness (QED) is 0.590. The molecule has 1 saturated heterocycles. The minimum absolute atomic E-state index is 0.00606. The summed E-state index contributed by atoms with van der Waals surface area (Å²) in [5.41, 5.74) is 0.388. The first-order chi connectivity index (χ1) is 13.5. The summed E-state index contributed by atoms with van der Waals surface area (Å²) in [5, 5.41) is 22.3. The summed E-state index contributed by atoms with van der Waals surface area (Å²) in [7, 11) is 0. The summed E-state index contributed by atoms with van der Waals surface area (Å²) in [5.74, 6) is -2.04. The molecule has 1 aliphatic rings. The van der Waals surface area contributed by atoms with E-state index in [1.54, 1.807) is 10.9 Å². The van der Waals surface area contributed by atoms with Crippen molar-refractivity contribution >= 4 is 23.5 Å². The van der Waals surface area contributed by atoms with Gasteiger partial charge in [-0.3, -0.25) is 23.7 Å². The Hall–Kier alpha value is -3.21. The van der Waals surface area contributed by atoms with Gasteiger partial charge in [0.05, 0.1) is 11.8 Å². The second-order valence-electron chi connectivity index (χ2n) is 6.34. The molecule has 3 heterocycles. The number of amides is 2. The van der Waals surface area contributed by atoms with E-state index >= 15 is 0 Å². The largest absolute Gasteiger partial charge is 0.480 e. The van der Waals surface area contributed by atoms with Gasteiger partial charge in [-0.25, -0.2) is 0 Å². The molecule has 11 heteroatoms. The maximum absolute atomic E-state index is 12.5. The first-order valence-electron chi connectivity index (χ1n) is 9.00. The first-order valence-corrected chi connectivity index (χ1v) is 9.00. The summed E-state index contributed by atoms with van der Waals surface area (Å²) in [6.45, 7) is 3.11. The van der Waals surface area contributed by atoms with Gasteiger partial charge in [-0.1, -0.05) is 0 Å². The Bertz CT molecular complexity index is 867. The van der Waals surface area contributed by atoms with Gasteiger partial charge in [0, 0.05) is 32.1 Å². The second-order valence-corrected chi connectivity index (χ2v) is 6.34. The van der Waals surface area contributed by atoms with Crippen LogP contribution in [0.5, 0.6) is 0 Å². The lowest BCUT2D eigenvalue weighted by molar-refractivity contribution is -0.137. The van der Waals surface area contributed by atoms with E-state index < -0.39 is 17.8 Å². The monoisotopic (exact) mass is 390 g/mol. The fourth-order valence-corrected chi connectivity index (χ4v) is 2.83. The van der Waals surface area contributed by atoms with Crippen molar-refractivity contribution in [2.24, 2.45) is 0 Å². The normalized spacial score (nSPS) is 16.1. The molecular formula is C17H22N6O5. The minimum atomic E-state index is -1.07. The molecule has 1 fully saturated rings. The van der Waals surface area contributed by atoms with Gasteiger partial charge in [0.2, 0.25) is 0 Å². The Morgan fingerprint density at radius 2 is 2.11 bits per heavy atom. The van der Waals surface area contributed by atoms with Crippen LogP contribution in [0.15, 0.2) is 18.5 Å². The molecule has 3 N–H and O–H groups in total. The van der Waals surface area contributed by atoms with Crippen molar-refractivity contribution in [1.29, 1.82) is 0 Å². The number of rotatable bonds is 8. The summed E-state index contributed by atoms with van der Waals surface area (Å²) in [6.07, 6.45) is 4.82. The van der Waals surface area contributed by atoms with E-state index in [2.05, 4.69) is 20.8 Å². The molecule has 0 spiro atoms. The van der Waals surface area contributed by atoms with Crippen LogP contribution in [0.25, 0.3) is 0 Å². The fraction of sp³-hybridized carbons (Fsp3) is 0.471. The number of hydrogen-bond acceptors (Lipinski definition) is 6. The molecule has 0 aromatic carbocycles. The molecule has 1 atom stereocenters. The lowest BCUT2D eigenvalue weighted by Crippen LogP contribution is -2.32. The SMILES string of the molecule is CCn1cc(NC(=O)c2ccn(CC(=O)O)n2)c(C(=O)NCC2CCCO2)n1. The smallest absolute Gasteiger partial charge is 0.325 e. The van der Waals surface area contributed by atoms with Gasteiger partial charge in [-0.05, 0) is 25.8 Å². The predicted molar refractivity (Wildman–Crippen MR) is 97.0 cm³/mol. The Kier molecular flexibility index (Phi) is 6.04. The molecule has 11 nitrogen and oxygen atoms in total. The number of nitrogens with zero attached hydrogens (tertiary/aromatic N) is 4. The van der Waals surface area contributed by atoms with Crippen LogP contribution < -0.4 is 10.6 Å². The average molecular weight is 390 g/mol. The Labute approximate surface area is 160 Å². The van der Waals surface area contributed by atoms with Crippen molar-refractivity contribution in [2.75, 3.05) is 18.5 Å². The fourth-order valence-electron chi connectivity index (χ4n) is 2.83. The Balaban J connectivity index is 1.69. The molecule has 0 radical (unpaired) electrons. The van der Waals surface area contributed by atoms with Crippen molar-refractivity contribution in [3.05, 3.63) is 29.8 Å². The molecule has 0 bridgehead atoms. The van der Waals surface area contributed by atoms with Gasteiger partial charge in [0.25, 0.3) is 11.8 Å². The number of anilines is 1. The maximum Gasteiger partial charge on any atom is 0.325 e. The van der Waals surface area contributed by atoms with E-state index in [0.717, 1.165) is 17.5 Å². The highest BCUT2D eigenvalue weighted by molar-refractivity contribution is 6.07. The molecule has 150 valence electrons. The molecular weight excluding hydrogens is 368 g/mol. The van der Waals surface area contributed by atoms with Gasteiger partial charge in [-0.15, -0.1) is 0 Å². The number of carboxylic acids is 1. The van der Waals surface area contributed by atoms with Gasteiger partial charge in [-0.2, -0.15) is 10.2 Å².